The standard InChI is InChI=1S/C15H17FN4O/c1-20(2)9-5-8-18-15-13(10-17)19-14(21-15)11-6-3-4-7-12(11)16/h3-4,6-7,18H,5,8-9H2,1-2H3/p+1. The van der Waals surface area contributed by atoms with E-state index in [1.165, 1.54) is 11.0 Å². The van der Waals surface area contributed by atoms with E-state index in [1.807, 2.05) is 6.07 Å². The van der Waals surface area contributed by atoms with Crippen molar-refractivity contribution in [3.05, 3.63) is 35.8 Å². The molecule has 0 aliphatic carbocycles. The van der Waals surface area contributed by atoms with Crippen molar-refractivity contribution >= 4 is 5.88 Å². The van der Waals surface area contributed by atoms with Crippen LogP contribution in [0.4, 0.5) is 10.3 Å². The van der Waals surface area contributed by atoms with Crippen LogP contribution in [0.5, 0.6) is 0 Å². The maximum Gasteiger partial charge on any atom is 0.233 e. The molecule has 2 rings (SSSR count). The number of anilines is 1. The Morgan fingerprint density at radius 3 is 2.81 bits per heavy atom. The molecule has 2 N–H and O–H groups in total. The van der Waals surface area contributed by atoms with E-state index in [-0.39, 0.29) is 17.1 Å². The Kier molecular flexibility index (Phi) is 4.90. The van der Waals surface area contributed by atoms with Crippen LogP contribution >= 0.6 is 0 Å². The lowest BCUT2D eigenvalue weighted by molar-refractivity contribution is -0.858. The van der Waals surface area contributed by atoms with Gasteiger partial charge in [0.05, 0.1) is 26.2 Å². The van der Waals surface area contributed by atoms with Gasteiger partial charge in [-0.1, -0.05) is 12.1 Å². The summed E-state index contributed by atoms with van der Waals surface area (Å²) in [6.45, 7) is 1.68. The highest BCUT2D eigenvalue weighted by Gasteiger charge is 2.16. The number of hydrogen-bond donors (Lipinski definition) is 2. The van der Waals surface area contributed by atoms with Gasteiger partial charge in [0.1, 0.15) is 11.9 Å². The first kappa shape index (κ1) is 15.0. The highest BCUT2D eigenvalue weighted by Crippen LogP contribution is 2.26. The van der Waals surface area contributed by atoms with E-state index < -0.39 is 5.82 Å². The highest BCUT2D eigenvalue weighted by atomic mass is 19.1. The Labute approximate surface area is 123 Å². The van der Waals surface area contributed by atoms with E-state index in [0.29, 0.717) is 12.4 Å². The second kappa shape index (κ2) is 6.86. The van der Waals surface area contributed by atoms with Gasteiger partial charge >= 0.3 is 0 Å². The molecule has 0 saturated carbocycles. The van der Waals surface area contributed by atoms with Crippen LogP contribution in [0.2, 0.25) is 0 Å². The summed E-state index contributed by atoms with van der Waals surface area (Å²) in [5.41, 5.74) is 0.394. The number of aromatic nitrogens is 1. The van der Waals surface area contributed by atoms with Crippen molar-refractivity contribution < 1.29 is 13.7 Å². The van der Waals surface area contributed by atoms with Gasteiger partial charge in [-0.3, -0.25) is 0 Å². The lowest BCUT2D eigenvalue weighted by Gasteiger charge is -2.07. The van der Waals surface area contributed by atoms with E-state index in [2.05, 4.69) is 24.4 Å². The molecule has 0 spiro atoms. The van der Waals surface area contributed by atoms with Crippen LogP contribution in [0, 0.1) is 17.1 Å². The van der Waals surface area contributed by atoms with Gasteiger partial charge < -0.3 is 14.6 Å². The number of nitrogens with zero attached hydrogens (tertiary/aromatic N) is 2. The zero-order valence-corrected chi connectivity index (χ0v) is 12.1. The number of quaternary nitrogens is 1. The van der Waals surface area contributed by atoms with E-state index in [9.17, 15) is 4.39 Å². The van der Waals surface area contributed by atoms with Gasteiger partial charge in [0, 0.05) is 13.0 Å². The minimum absolute atomic E-state index is 0.116. The number of hydrogen-bond acceptors (Lipinski definition) is 4. The average Bonchev–Trinajstić information content (AvgIpc) is 2.87. The molecule has 0 radical (unpaired) electrons. The van der Waals surface area contributed by atoms with Crippen LogP contribution in [0.25, 0.3) is 11.5 Å². The normalized spacial score (nSPS) is 10.6. The van der Waals surface area contributed by atoms with Crippen LogP contribution in [0.3, 0.4) is 0 Å². The first-order valence-electron chi connectivity index (χ1n) is 6.80. The van der Waals surface area contributed by atoms with Gasteiger partial charge in [-0.2, -0.15) is 10.2 Å². The molecule has 0 aliphatic heterocycles. The summed E-state index contributed by atoms with van der Waals surface area (Å²) < 4.78 is 19.2. The Balaban J connectivity index is 2.13. The quantitative estimate of drug-likeness (QED) is 0.787. The molecule has 0 unspecified atom stereocenters. The molecule has 0 fully saturated rings. The van der Waals surface area contributed by atoms with Gasteiger partial charge in [0.2, 0.25) is 17.5 Å². The van der Waals surface area contributed by atoms with Crippen LogP contribution in [0.15, 0.2) is 28.7 Å². The fourth-order valence-corrected chi connectivity index (χ4v) is 1.91. The number of benzene rings is 1. The highest BCUT2D eigenvalue weighted by molar-refractivity contribution is 5.59. The van der Waals surface area contributed by atoms with E-state index >= 15 is 0 Å². The van der Waals surface area contributed by atoms with Crippen LogP contribution in [-0.4, -0.2) is 32.2 Å². The third-order valence-electron chi connectivity index (χ3n) is 2.98. The average molecular weight is 289 g/mol. The molecule has 1 aromatic carbocycles. The van der Waals surface area contributed by atoms with E-state index in [0.717, 1.165) is 13.0 Å². The van der Waals surface area contributed by atoms with Crippen molar-refractivity contribution in [3.63, 3.8) is 0 Å². The van der Waals surface area contributed by atoms with Crippen molar-refractivity contribution in [1.82, 2.24) is 4.98 Å². The number of nitriles is 1. The summed E-state index contributed by atoms with van der Waals surface area (Å²) in [6, 6.07) is 8.15. The molecule has 1 aromatic heterocycles. The third kappa shape index (κ3) is 3.80. The summed E-state index contributed by atoms with van der Waals surface area (Å²) in [4.78, 5) is 5.39. The molecular formula is C15H18FN4O+. The SMILES string of the molecule is C[NH+](C)CCCNc1oc(-c2ccccc2F)nc1C#N. The monoisotopic (exact) mass is 289 g/mol. The maximum absolute atomic E-state index is 13.7. The van der Waals surface area contributed by atoms with E-state index in [1.54, 1.807) is 18.2 Å². The maximum atomic E-state index is 13.7. The predicted octanol–water partition coefficient (Wildman–Crippen LogP) is 1.30. The molecular weight excluding hydrogens is 271 g/mol. The van der Waals surface area contributed by atoms with Gasteiger partial charge in [-0.15, -0.1) is 0 Å². The van der Waals surface area contributed by atoms with Crippen LogP contribution in [-0.2, 0) is 0 Å². The van der Waals surface area contributed by atoms with Gasteiger partial charge in [-0.25, -0.2) is 4.39 Å². The molecule has 21 heavy (non-hydrogen) atoms. The summed E-state index contributed by atoms with van der Waals surface area (Å²) >= 11 is 0. The summed E-state index contributed by atoms with van der Waals surface area (Å²) in [7, 11) is 4.15. The van der Waals surface area contributed by atoms with E-state index in [4.69, 9.17) is 9.68 Å². The molecule has 1 heterocycles. The third-order valence-corrected chi connectivity index (χ3v) is 2.98. The molecule has 2 aromatic rings. The van der Waals surface area contributed by atoms with Gasteiger partial charge in [-0.05, 0) is 12.1 Å². The molecule has 110 valence electrons. The number of nitrogens with one attached hydrogen (secondary N) is 2. The van der Waals surface area contributed by atoms with Crippen molar-refractivity contribution in [3.8, 4) is 17.5 Å². The van der Waals surface area contributed by atoms with Crippen molar-refractivity contribution in [1.29, 1.82) is 5.26 Å². The van der Waals surface area contributed by atoms with Crippen molar-refractivity contribution in [2.75, 3.05) is 32.5 Å². The first-order valence-corrected chi connectivity index (χ1v) is 6.80. The second-order valence-corrected chi connectivity index (χ2v) is 5.03. The summed E-state index contributed by atoms with van der Waals surface area (Å²) in [6.07, 6.45) is 0.933. The number of halogens is 1. The molecule has 0 amide bonds. The molecule has 6 heteroatoms. The molecule has 0 aliphatic rings. The molecule has 5 nitrogen and oxygen atoms in total. The zero-order chi connectivity index (χ0) is 15.2. The largest absolute Gasteiger partial charge is 0.419 e. The second-order valence-electron chi connectivity index (χ2n) is 5.03. The van der Waals surface area contributed by atoms with Crippen LogP contribution in [0.1, 0.15) is 12.1 Å². The molecule has 0 saturated heterocycles. The lowest BCUT2D eigenvalue weighted by Crippen LogP contribution is -3.05. The smallest absolute Gasteiger partial charge is 0.233 e. The fraction of sp³-hybridized carbons (Fsp3) is 0.333. The van der Waals surface area contributed by atoms with Crippen LogP contribution < -0.4 is 10.2 Å². The Morgan fingerprint density at radius 2 is 2.14 bits per heavy atom. The Bertz CT molecular complexity index is 645. The van der Waals surface area contributed by atoms with Crippen molar-refractivity contribution in [2.24, 2.45) is 0 Å². The minimum Gasteiger partial charge on any atom is -0.419 e. The van der Waals surface area contributed by atoms with Gasteiger partial charge in [0.15, 0.2) is 0 Å². The Hall–Kier alpha value is -2.39. The lowest BCUT2D eigenvalue weighted by atomic mass is 10.2. The van der Waals surface area contributed by atoms with Gasteiger partial charge in [0.25, 0.3) is 0 Å². The minimum atomic E-state index is -0.425. The topological polar surface area (TPSA) is 66.3 Å². The first-order chi connectivity index (χ1) is 10.1. The summed E-state index contributed by atoms with van der Waals surface area (Å²) in [5.74, 6) is -0.0131. The van der Waals surface area contributed by atoms with Crippen molar-refractivity contribution in [2.45, 2.75) is 6.42 Å². The fourth-order valence-electron chi connectivity index (χ4n) is 1.91. The molecule has 0 bridgehead atoms. The predicted molar refractivity (Wildman–Crippen MR) is 77.4 cm³/mol. The Morgan fingerprint density at radius 1 is 1.38 bits per heavy atom. The summed E-state index contributed by atoms with van der Waals surface area (Å²) in [5, 5.41) is 12.1. The zero-order valence-electron chi connectivity index (χ0n) is 12.1. The number of oxazole rings is 1. The number of rotatable bonds is 6. The molecule has 0 atom stereocenters.